The van der Waals surface area contributed by atoms with Crippen LogP contribution in [0.5, 0.6) is 0 Å². The number of thioether (sulfide) groups is 1. The van der Waals surface area contributed by atoms with Crippen LogP contribution < -0.4 is 10.6 Å². The summed E-state index contributed by atoms with van der Waals surface area (Å²) in [5.41, 5.74) is 3.18. The first-order valence-electron chi connectivity index (χ1n) is 9.40. The first-order valence-corrected chi connectivity index (χ1v) is 10.8. The molecule has 7 heteroatoms. The Bertz CT molecular complexity index is 873. The summed E-state index contributed by atoms with van der Waals surface area (Å²) in [7, 11) is 0. The van der Waals surface area contributed by atoms with Gasteiger partial charge < -0.3 is 15.1 Å². The van der Waals surface area contributed by atoms with Crippen molar-refractivity contribution < 1.29 is 4.42 Å². The van der Waals surface area contributed by atoms with Crippen LogP contribution in [0.25, 0.3) is 5.69 Å². The van der Waals surface area contributed by atoms with Crippen molar-refractivity contribution in [1.29, 1.82) is 0 Å². The number of rotatable bonds is 9. The van der Waals surface area contributed by atoms with Crippen molar-refractivity contribution in [3.63, 3.8) is 0 Å². The highest BCUT2D eigenvalue weighted by Gasteiger charge is 2.06. The van der Waals surface area contributed by atoms with Gasteiger partial charge in [0.15, 0.2) is 5.96 Å². The largest absolute Gasteiger partial charge is 0.469 e. The number of para-hydroxylation sites is 1. The highest BCUT2D eigenvalue weighted by Crippen LogP contribution is 2.15. The Kier molecular flexibility index (Phi) is 7.61. The molecule has 6 nitrogen and oxygen atoms in total. The molecule has 0 atom stereocenters. The van der Waals surface area contributed by atoms with Gasteiger partial charge in [0.05, 0.1) is 24.2 Å². The van der Waals surface area contributed by atoms with E-state index in [-0.39, 0.29) is 0 Å². The van der Waals surface area contributed by atoms with Crippen LogP contribution in [0.2, 0.25) is 0 Å². The average Bonchev–Trinajstić information content (AvgIpc) is 3.38. The van der Waals surface area contributed by atoms with Crippen molar-refractivity contribution in [3.05, 3.63) is 71.9 Å². The summed E-state index contributed by atoms with van der Waals surface area (Å²) in [6, 6.07) is 14.1. The molecule has 3 aromatic rings. The third-order valence-electron chi connectivity index (χ3n) is 4.21. The number of benzene rings is 1. The predicted molar refractivity (Wildman–Crippen MR) is 116 cm³/mol. The van der Waals surface area contributed by atoms with E-state index in [1.807, 2.05) is 59.9 Å². The van der Waals surface area contributed by atoms with Crippen LogP contribution in [0.15, 0.2) is 64.3 Å². The molecule has 0 amide bonds. The Morgan fingerprint density at radius 1 is 1.14 bits per heavy atom. The molecule has 0 aliphatic rings. The lowest BCUT2D eigenvalue weighted by Crippen LogP contribution is -2.39. The van der Waals surface area contributed by atoms with E-state index in [1.54, 1.807) is 6.26 Å². The molecule has 0 unspecified atom stereocenters. The Balaban J connectivity index is 1.67. The molecule has 0 saturated carbocycles. The molecular weight excluding hydrogens is 370 g/mol. The maximum absolute atomic E-state index is 5.40. The number of aliphatic imine (C=N–C) groups is 1. The molecule has 0 fully saturated rings. The molecule has 0 saturated heterocycles. The van der Waals surface area contributed by atoms with Gasteiger partial charge >= 0.3 is 0 Å². The molecule has 0 radical (unpaired) electrons. The number of guanidine groups is 1. The molecule has 0 bridgehead atoms. The molecule has 3 rings (SSSR count). The molecule has 28 heavy (non-hydrogen) atoms. The van der Waals surface area contributed by atoms with Crippen LogP contribution in [0.1, 0.15) is 17.0 Å². The maximum atomic E-state index is 5.40. The summed E-state index contributed by atoms with van der Waals surface area (Å²) in [6.07, 6.45) is 6.61. The molecule has 2 heterocycles. The molecule has 2 N–H and O–H groups in total. The van der Waals surface area contributed by atoms with E-state index in [2.05, 4.69) is 34.1 Å². The summed E-state index contributed by atoms with van der Waals surface area (Å²) in [5.74, 6) is 2.81. The van der Waals surface area contributed by atoms with E-state index < -0.39 is 0 Å². The number of hydrogen-bond donors (Lipinski definition) is 2. The third kappa shape index (κ3) is 5.92. The monoisotopic (exact) mass is 397 g/mol. The average molecular weight is 398 g/mol. The minimum Gasteiger partial charge on any atom is -0.469 e. The highest BCUT2D eigenvalue weighted by molar-refractivity contribution is 7.98. The van der Waals surface area contributed by atoms with Crippen LogP contribution in [0.3, 0.4) is 0 Å². The minimum absolute atomic E-state index is 0.574. The topological polar surface area (TPSA) is 67.4 Å². The molecule has 0 aliphatic heterocycles. The van der Waals surface area contributed by atoms with Crippen LogP contribution >= 0.6 is 11.8 Å². The van der Waals surface area contributed by atoms with Crippen molar-refractivity contribution in [1.82, 2.24) is 20.4 Å². The lowest BCUT2D eigenvalue weighted by atomic mass is 10.2. The number of nitrogens with zero attached hydrogens (tertiary/aromatic N) is 3. The fourth-order valence-corrected chi connectivity index (χ4v) is 3.09. The van der Waals surface area contributed by atoms with Crippen LogP contribution in [-0.4, -0.2) is 40.8 Å². The highest BCUT2D eigenvalue weighted by atomic mass is 32.2. The molecule has 148 valence electrons. The second-order valence-electron chi connectivity index (χ2n) is 6.37. The lowest BCUT2D eigenvalue weighted by molar-refractivity contribution is 0.507. The van der Waals surface area contributed by atoms with Crippen molar-refractivity contribution in [3.8, 4) is 5.69 Å². The zero-order valence-electron chi connectivity index (χ0n) is 16.4. The summed E-state index contributed by atoms with van der Waals surface area (Å²) in [4.78, 5) is 4.79. The van der Waals surface area contributed by atoms with Crippen molar-refractivity contribution in [2.24, 2.45) is 4.99 Å². The second-order valence-corrected chi connectivity index (χ2v) is 7.36. The van der Waals surface area contributed by atoms with E-state index >= 15 is 0 Å². The van der Waals surface area contributed by atoms with Crippen molar-refractivity contribution in [2.75, 3.05) is 25.1 Å². The zero-order chi connectivity index (χ0) is 19.6. The Morgan fingerprint density at radius 3 is 2.75 bits per heavy atom. The summed E-state index contributed by atoms with van der Waals surface area (Å²) in [6.45, 7) is 4.20. The van der Waals surface area contributed by atoms with Gasteiger partial charge in [-0.3, -0.25) is 0 Å². The Hall–Kier alpha value is -2.67. The quantitative estimate of drug-likeness (QED) is 0.329. The van der Waals surface area contributed by atoms with Crippen LogP contribution in [-0.2, 0) is 13.0 Å². The van der Waals surface area contributed by atoms with Gasteiger partial charge in [0.25, 0.3) is 0 Å². The normalized spacial score (nSPS) is 11.6. The number of aromatic nitrogens is 2. The van der Waals surface area contributed by atoms with E-state index in [1.165, 1.54) is 0 Å². The number of nitrogens with one attached hydrogen (secondary N) is 2. The number of hydrogen-bond acceptors (Lipinski definition) is 4. The maximum Gasteiger partial charge on any atom is 0.191 e. The summed E-state index contributed by atoms with van der Waals surface area (Å²) < 4.78 is 7.30. The first-order chi connectivity index (χ1) is 13.8. The second kappa shape index (κ2) is 10.6. The third-order valence-corrected chi connectivity index (χ3v) is 4.82. The first kappa shape index (κ1) is 20.1. The van der Waals surface area contributed by atoms with Gasteiger partial charge in [-0.2, -0.15) is 16.9 Å². The van der Waals surface area contributed by atoms with Gasteiger partial charge in [-0.1, -0.05) is 18.2 Å². The molecule has 1 aromatic carbocycles. The van der Waals surface area contributed by atoms with Crippen LogP contribution in [0, 0.1) is 6.92 Å². The van der Waals surface area contributed by atoms with Gasteiger partial charge in [-0.05, 0) is 43.0 Å². The standard InChI is InChI=1S/C21H27N5OS/c1-17-10-13-26(25-17)20-8-4-3-6-18(20)16-24-21(23-12-15-28-2)22-11-9-19-7-5-14-27-19/h3-8,10,13-14H,9,11-12,15-16H2,1-2H3,(H2,22,23,24). The summed E-state index contributed by atoms with van der Waals surface area (Å²) in [5, 5.41) is 11.3. The Labute approximate surface area is 170 Å². The number of aryl methyl sites for hydroxylation is 1. The van der Waals surface area contributed by atoms with Gasteiger partial charge in [-0.25, -0.2) is 9.67 Å². The SMILES string of the molecule is CSCCNC(=NCc1ccccc1-n1ccc(C)n1)NCCc1ccco1. The van der Waals surface area contributed by atoms with Gasteiger partial charge in [0.1, 0.15) is 5.76 Å². The van der Waals surface area contributed by atoms with Crippen molar-refractivity contribution in [2.45, 2.75) is 19.9 Å². The predicted octanol–water partition coefficient (Wildman–Crippen LogP) is 3.41. The van der Waals surface area contributed by atoms with E-state index in [4.69, 9.17) is 9.41 Å². The zero-order valence-corrected chi connectivity index (χ0v) is 17.2. The fraction of sp³-hybridized carbons (Fsp3) is 0.333. The van der Waals surface area contributed by atoms with E-state index in [0.717, 1.165) is 53.9 Å². The molecule has 0 aliphatic carbocycles. The number of furan rings is 1. The minimum atomic E-state index is 0.574. The van der Waals surface area contributed by atoms with Crippen LogP contribution in [0.4, 0.5) is 0 Å². The van der Waals surface area contributed by atoms with Gasteiger partial charge in [0, 0.05) is 31.5 Å². The van der Waals surface area contributed by atoms with Crippen molar-refractivity contribution >= 4 is 17.7 Å². The van der Waals surface area contributed by atoms with Gasteiger partial charge in [-0.15, -0.1) is 0 Å². The lowest BCUT2D eigenvalue weighted by Gasteiger charge is -2.13. The van der Waals surface area contributed by atoms with Gasteiger partial charge in [0.2, 0.25) is 0 Å². The van der Waals surface area contributed by atoms with E-state index in [0.29, 0.717) is 6.54 Å². The molecular formula is C21H27N5OS. The smallest absolute Gasteiger partial charge is 0.191 e. The fourth-order valence-electron chi connectivity index (χ4n) is 2.79. The molecule has 2 aromatic heterocycles. The molecule has 0 spiro atoms. The van der Waals surface area contributed by atoms with E-state index in [9.17, 15) is 0 Å². The Morgan fingerprint density at radius 2 is 2.00 bits per heavy atom. The summed E-state index contributed by atoms with van der Waals surface area (Å²) >= 11 is 1.81.